The maximum absolute atomic E-state index is 13.1. The largest absolute Gasteiger partial charge is 0.478 e. The lowest BCUT2D eigenvalue weighted by Gasteiger charge is -2.30. The van der Waals surface area contributed by atoms with Crippen LogP contribution in [0, 0.1) is 0 Å². The summed E-state index contributed by atoms with van der Waals surface area (Å²) >= 11 is 0. The lowest BCUT2D eigenvalue weighted by Crippen LogP contribution is -2.31. The van der Waals surface area contributed by atoms with Gasteiger partial charge in [0.05, 0.1) is 27.7 Å². The number of hydrogen-bond donors (Lipinski definition) is 2. The number of sulfone groups is 1. The third kappa shape index (κ3) is 3.62. The van der Waals surface area contributed by atoms with Crippen LogP contribution in [0.25, 0.3) is 0 Å². The Kier molecular flexibility index (Phi) is 5.23. The van der Waals surface area contributed by atoms with Crippen LogP contribution in [-0.2, 0) is 20.8 Å². The second-order valence-corrected chi connectivity index (χ2v) is 8.16. The summed E-state index contributed by atoms with van der Waals surface area (Å²) in [4.78, 5) is 11.5. The summed E-state index contributed by atoms with van der Waals surface area (Å²) in [5, 5.41) is 12.3. The summed E-state index contributed by atoms with van der Waals surface area (Å²) in [6.07, 6.45) is -4.63. The number of halogens is 3. The number of carboxylic acids is 1. The van der Waals surface area contributed by atoms with Gasteiger partial charge in [-0.3, -0.25) is 0 Å². The number of aliphatic carboxylic acids is 1. The Labute approximate surface area is 149 Å². The minimum Gasteiger partial charge on any atom is -0.478 e. The van der Waals surface area contributed by atoms with Crippen molar-refractivity contribution in [2.75, 3.05) is 5.75 Å². The van der Waals surface area contributed by atoms with Crippen molar-refractivity contribution in [2.24, 2.45) is 0 Å². The summed E-state index contributed by atoms with van der Waals surface area (Å²) in [5.41, 5.74) is -0.905. The van der Waals surface area contributed by atoms with E-state index < -0.39 is 33.5 Å². The van der Waals surface area contributed by atoms with E-state index in [0.29, 0.717) is 0 Å². The summed E-state index contributed by atoms with van der Waals surface area (Å²) in [5.74, 6) is -3.02. The van der Waals surface area contributed by atoms with Crippen LogP contribution in [0.3, 0.4) is 0 Å². The third-order valence-corrected chi connectivity index (χ3v) is 6.16. The van der Waals surface area contributed by atoms with Crippen LogP contribution in [0.4, 0.5) is 13.2 Å². The molecule has 1 aliphatic heterocycles. The molecule has 0 saturated carbocycles. The van der Waals surface area contributed by atoms with Gasteiger partial charge in [-0.25, -0.2) is 13.2 Å². The fourth-order valence-electron chi connectivity index (χ4n) is 3.04. The van der Waals surface area contributed by atoms with Crippen molar-refractivity contribution in [3.05, 3.63) is 57.3 Å². The third-order valence-electron chi connectivity index (χ3n) is 4.19. The number of alkyl halides is 3. The average molecular weight is 389 g/mol. The zero-order valence-corrected chi connectivity index (χ0v) is 15.1. The van der Waals surface area contributed by atoms with Crippen LogP contribution < -0.4 is 5.32 Å². The quantitative estimate of drug-likeness (QED) is 0.825. The zero-order chi connectivity index (χ0) is 19.9. The first-order valence-electron chi connectivity index (χ1n) is 7.72. The SMILES string of the molecule is CCS(=O)(=O)C1=C(C)NC(C)=C(C(=O)O)C1c1cccc(C(F)(F)F)c1. The first-order valence-corrected chi connectivity index (χ1v) is 9.37. The Bertz CT molecular complexity index is 914. The summed E-state index contributed by atoms with van der Waals surface area (Å²) in [7, 11) is -3.87. The van der Waals surface area contributed by atoms with E-state index in [2.05, 4.69) is 5.32 Å². The van der Waals surface area contributed by atoms with E-state index in [9.17, 15) is 31.5 Å². The highest BCUT2D eigenvalue weighted by Crippen LogP contribution is 2.42. The van der Waals surface area contributed by atoms with Crippen LogP contribution in [0.15, 0.2) is 46.1 Å². The van der Waals surface area contributed by atoms with E-state index in [-0.39, 0.29) is 33.2 Å². The van der Waals surface area contributed by atoms with Gasteiger partial charge in [0.1, 0.15) is 0 Å². The number of carbonyl (C=O) groups is 1. The van der Waals surface area contributed by atoms with Crippen LogP contribution in [0.1, 0.15) is 37.8 Å². The molecule has 1 heterocycles. The van der Waals surface area contributed by atoms with E-state index in [1.165, 1.54) is 26.8 Å². The molecule has 0 amide bonds. The van der Waals surface area contributed by atoms with Crippen molar-refractivity contribution in [3.63, 3.8) is 0 Å². The van der Waals surface area contributed by atoms with Crippen molar-refractivity contribution < 1.29 is 31.5 Å². The molecule has 9 heteroatoms. The van der Waals surface area contributed by atoms with E-state index in [1.54, 1.807) is 0 Å². The topological polar surface area (TPSA) is 83.5 Å². The molecule has 0 fully saturated rings. The number of rotatable bonds is 4. The van der Waals surface area contributed by atoms with Crippen LogP contribution in [-0.4, -0.2) is 25.2 Å². The predicted octanol–water partition coefficient (Wildman–Crippen LogP) is 3.42. The molecule has 2 N–H and O–H groups in total. The number of carboxylic acid groups (broad SMARTS) is 1. The Morgan fingerprint density at radius 3 is 2.35 bits per heavy atom. The van der Waals surface area contributed by atoms with Crippen LogP contribution in [0.5, 0.6) is 0 Å². The molecule has 0 bridgehead atoms. The lowest BCUT2D eigenvalue weighted by molar-refractivity contribution is -0.137. The average Bonchev–Trinajstić information content (AvgIpc) is 2.52. The molecular formula is C17H18F3NO4S. The van der Waals surface area contributed by atoms with Gasteiger partial charge in [0.25, 0.3) is 0 Å². The lowest BCUT2D eigenvalue weighted by atomic mass is 9.86. The molecule has 1 unspecified atom stereocenters. The van der Waals surface area contributed by atoms with E-state index in [4.69, 9.17) is 0 Å². The predicted molar refractivity (Wildman–Crippen MR) is 89.8 cm³/mol. The fourth-order valence-corrected chi connectivity index (χ4v) is 4.48. The monoisotopic (exact) mass is 389 g/mol. The standard InChI is InChI=1S/C17H18F3NO4S/c1-4-26(24,25)15-10(3)21-9(2)13(16(22)23)14(15)11-6-5-7-12(8-11)17(18,19)20/h5-8,14,21H,4H2,1-3H3,(H,22,23). The van der Waals surface area contributed by atoms with Gasteiger partial charge in [0.15, 0.2) is 9.84 Å². The molecule has 0 spiro atoms. The molecule has 0 radical (unpaired) electrons. The summed E-state index contributed by atoms with van der Waals surface area (Å²) in [6.45, 7) is 4.30. The zero-order valence-electron chi connectivity index (χ0n) is 14.3. The van der Waals surface area contributed by atoms with Gasteiger partial charge in [-0.1, -0.05) is 25.1 Å². The molecule has 0 aromatic heterocycles. The summed E-state index contributed by atoms with van der Waals surface area (Å²) in [6, 6.07) is 4.09. The second kappa shape index (κ2) is 6.79. The first kappa shape index (κ1) is 20.0. The molecule has 26 heavy (non-hydrogen) atoms. The van der Waals surface area contributed by atoms with Gasteiger partial charge < -0.3 is 10.4 Å². The fraction of sp³-hybridized carbons (Fsp3) is 0.353. The minimum absolute atomic E-state index is 0.0375. The van der Waals surface area contributed by atoms with Gasteiger partial charge in [-0.2, -0.15) is 13.2 Å². The van der Waals surface area contributed by atoms with Crippen molar-refractivity contribution in [3.8, 4) is 0 Å². The van der Waals surface area contributed by atoms with E-state index in [0.717, 1.165) is 18.2 Å². The molecule has 0 saturated heterocycles. The van der Waals surface area contributed by atoms with Gasteiger partial charge in [0, 0.05) is 11.4 Å². The highest BCUT2D eigenvalue weighted by Gasteiger charge is 2.40. The van der Waals surface area contributed by atoms with E-state index >= 15 is 0 Å². The number of benzene rings is 1. The Balaban J connectivity index is 2.80. The first-order chi connectivity index (χ1) is 11.9. The molecule has 0 aliphatic carbocycles. The van der Waals surface area contributed by atoms with Crippen molar-refractivity contribution in [2.45, 2.75) is 32.9 Å². The Morgan fingerprint density at radius 2 is 1.85 bits per heavy atom. The molecule has 1 aliphatic rings. The highest BCUT2D eigenvalue weighted by molar-refractivity contribution is 7.95. The minimum atomic E-state index is -4.63. The molecule has 5 nitrogen and oxygen atoms in total. The molecule has 2 rings (SSSR count). The van der Waals surface area contributed by atoms with Gasteiger partial charge in [-0.15, -0.1) is 0 Å². The van der Waals surface area contributed by atoms with Crippen LogP contribution in [0.2, 0.25) is 0 Å². The molecule has 1 aromatic carbocycles. The van der Waals surface area contributed by atoms with Gasteiger partial charge in [-0.05, 0) is 25.5 Å². The molecule has 1 atom stereocenters. The molecular weight excluding hydrogens is 371 g/mol. The highest BCUT2D eigenvalue weighted by atomic mass is 32.2. The number of allylic oxidation sites excluding steroid dienone is 3. The van der Waals surface area contributed by atoms with E-state index in [1.807, 2.05) is 0 Å². The maximum Gasteiger partial charge on any atom is 0.416 e. The second-order valence-electron chi connectivity index (χ2n) is 5.92. The Morgan fingerprint density at radius 1 is 1.23 bits per heavy atom. The van der Waals surface area contributed by atoms with Crippen molar-refractivity contribution in [1.82, 2.24) is 5.32 Å². The summed E-state index contributed by atoms with van der Waals surface area (Å²) < 4.78 is 64.4. The van der Waals surface area contributed by atoms with Gasteiger partial charge >= 0.3 is 12.1 Å². The number of hydrogen-bond acceptors (Lipinski definition) is 4. The normalized spacial score (nSPS) is 18.8. The smallest absolute Gasteiger partial charge is 0.416 e. The molecule has 142 valence electrons. The number of nitrogens with one attached hydrogen (secondary N) is 1. The maximum atomic E-state index is 13.1. The Hall–Kier alpha value is -2.29. The van der Waals surface area contributed by atoms with Crippen molar-refractivity contribution >= 4 is 15.8 Å². The number of dihydropyridines is 1. The molecule has 1 aromatic rings. The van der Waals surface area contributed by atoms with Crippen molar-refractivity contribution in [1.29, 1.82) is 0 Å². The van der Waals surface area contributed by atoms with Crippen LogP contribution >= 0.6 is 0 Å². The van der Waals surface area contributed by atoms with Gasteiger partial charge in [0.2, 0.25) is 0 Å².